The monoisotopic (exact) mass is 253 g/mol. The van der Waals surface area contributed by atoms with Gasteiger partial charge in [-0.2, -0.15) is 0 Å². The number of nitrogen functional groups attached to an aromatic ring is 1. The Morgan fingerprint density at radius 1 is 1.59 bits per heavy atom. The average molecular weight is 253 g/mol. The van der Waals surface area contributed by atoms with E-state index in [4.69, 9.17) is 5.73 Å². The van der Waals surface area contributed by atoms with Crippen LogP contribution < -0.4 is 11.1 Å². The van der Waals surface area contributed by atoms with E-state index in [9.17, 15) is 4.79 Å². The molecule has 1 aromatic rings. The molecule has 5 heteroatoms. The van der Waals surface area contributed by atoms with Gasteiger partial charge in [0.15, 0.2) is 0 Å². The predicted molar refractivity (Wildman–Crippen MR) is 70.8 cm³/mol. The lowest BCUT2D eigenvalue weighted by Gasteiger charge is -2.21. The molecule has 1 aromatic heterocycles. The van der Waals surface area contributed by atoms with Crippen molar-refractivity contribution in [2.24, 2.45) is 0 Å². The molecule has 2 rings (SSSR count). The molecule has 0 aromatic carbocycles. The molecule has 1 aliphatic heterocycles. The molecular formula is C12H19N3OS. The summed E-state index contributed by atoms with van der Waals surface area (Å²) >= 11 is 1.62. The van der Waals surface area contributed by atoms with Crippen LogP contribution in [0.1, 0.15) is 24.6 Å². The number of nitrogens with two attached hydrogens (primary N) is 1. The minimum absolute atomic E-state index is 0.130. The third kappa shape index (κ3) is 2.98. The highest BCUT2D eigenvalue weighted by Crippen LogP contribution is 2.18. The van der Waals surface area contributed by atoms with Gasteiger partial charge in [-0.3, -0.25) is 4.79 Å². The molecule has 0 aliphatic carbocycles. The Morgan fingerprint density at radius 3 is 2.88 bits per heavy atom. The summed E-state index contributed by atoms with van der Waals surface area (Å²) in [6, 6.07) is 1.77. The molecule has 1 amide bonds. The van der Waals surface area contributed by atoms with Crippen molar-refractivity contribution in [3.63, 3.8) is 0 Å². The predicted octanol–water partition coefficient (Wildman–Crippen LogP) is 1.43. The van der Waals surface area contributed by atoms with Crippen molar-refractivity contribution < 1.29 is 4.79 Å². The Kier molecular flexibility index (Phi) is 4.02. The van der Waals surface area contributed by atoms with E-state index in [1.807, 2.05) is 23.3 Å². The van der Waals surface area contributed by atoms with Gasteiger partial charge in [-0.05, 0) is 31.2 Å². The van der Waals surface area contributed by atoms with Gasteiger partial charge in [-0.15, -0.1) is 11.3 Å². The summed E-state index contributed by atoms with van der Waals surface area (Å²) in [6.45, 7) is 4.41. The molecule has 0 radical (unpaired) electrons. The first-order valence-electron chi connectivity index (χ1n) is 6.02. The third-order valence-corrected chi connectivity index (χ3v) is 4.07. The number of anilines is 1. The maximum atomic E-state index is 12.0. The van der Waals surface area contributed by atoms with Gasteiger partial charge >= 0.3 is 0 Å². The van der Waals surface area contributed by atoms with Crippen molar-refractivity contribution in [1.82, 2.24) is 10.2 Å². The summed E-state index contributed by atoms with van der Waals surface area (Å²) in [4.78, 5) is 15.1. The Bertz CT molecular complexity index is 385. The summed E-state index contributed by atoms with van der Waals surface area (Å²) in [5.74, 6) is 0.206. The minimum Gasteiger partial charge on any atom is -0.398 e. The van der Waals surface area contributed by atoms with Gasteiger partial charge < -0.3 is 16.0 Å². The van der Waals surface area contributed by atoms with Crippen molar-refractivity contribution in [3.8, 4) is 0 Å². The quantitative estimate of drug-likeness (QED) is 0.853. The van der Waals surface area contributed by atoms with Gasteiger partial charge in [0.05, 0.1) is 6.04 Å². The fourth-order valence-corrected chi connectivity index (χ4v) is 2.79. The van der Waals surface area contributed by atoms with Crippen LogP contribution in [0.3, 0.4) is 0 Å². The largest absolute Gasteiger partial charge is 0.398 e. The molecule has 0 saturated carbocycles. The van der Waals surface area contributed by atoms with Crippen LogP contribution in [0, 0.1) is 0 Å². The van der Waals surface area contributed by atoms with E-state index < -0.39 is 0 Å². The van der Waals surface area contributed by atoms with Crippen LogP contribution in [0.5, 0.6) is 0 Å². The van der Waals surface area contributed by atoms with Gasteiger partial charge in [-0.1, -0.05) is 0 Å². The lowest BCUT2D eigenvalue weighted by molar-refractivity contribution is -0.131. The molecule has 94 valence electrons. The molecule has 2 heterocycles. The van der Waals surface area contributed by atoms with E-state index in [-0.39, 0.29) is 11.9 Å². The summed E-state index contributed by atoms with van der Waals surface area (Å²) in [6.07, 6.45) is 2.27. The SMILES string of the molecule is CC(NCc1sccc1N)C(=O)N1CCCC1. The fraction of sp³-hybridized carbons (Fsp3) is 0.583. The number of likely N-dealkylation sites (tertiary alicyclic amines) is 1. The number of amides is 1. The van der Waals surface area contributed by atoms with E-state index in [1.54, 1.807) is 11.3 Å². The first kappa shape index (κ1) is 12.4. The third-order valence-electron chi connectivity index (χ3n) is 3.14. The first-order chi connectivity index (χ1) is 8.18. The normalized spacial score (nSPS) is 17.4. The smallest absolute Gasteiger partial charge is 0.239 e. The van der Waals surface area contributed by atoms with Crippen molar-refractivity contribution >= 4 is 22.9 Å². The molecule has 1 atom stereocenters. The number of carbonyl (C=O) groups is 1. The second-order valence-electron chi connectivity index (χ2n) is 4.43. The van der Waals surface area contributed by atoms with Crippen molar-refractivity contribution in [3.05, 3.63) is 16.3 Å². The summed E-state index contributed by atoms with van der Waals surface area (Å²) in [5.41, 5.74) is 6.61. The van der Waals surface area contributed by atoms with Crippen molar-refractivity contribution in [2.45, 2.75) is 32.4 Å². The molecule has 1 saturated heterocycles. The van der Waals surface area contributed by atoms with Gasteiger partial charge in [0.25, 0.3) is 0 Å². The molecule has 3 N–H and O–H groups in total. The zero-order chi connectivity index (χ0) is 12.3. The van der Waals surface area contributed by atoms with Gasteiger partial charge in [0.1, 0.15) is 0 Å². The number of nitrogens with one attached hydrogen (secondary N) is 1. The Hall–Kier alpha value is -1.07. The minimum atomic E-state index is -0.130. The van der Waals surface area contributed by atoms with Gasteiger partial charge in [0, 0.05) is 30.2 Å². The van der Waals surface area contributed by atoms with Crippen LogP contribution in [0.4, 0.5) is 5.69 Å². The molecule has 4 nitrogen and oxygen atoms in total. The van der Waals surface area contributed by atoms with Gasteiger partial charge in [0.2, 0.25) is 5.91 Å². The highest BCUT2D eigenvalue weighted by Gasteiger charge is 2.22. The lowest BCUT2D eigenvalue weighted by atomic mass is 10.3. The second kappa shape index (κ2) is 5.51. The number of nitrogens with zero attached hydrogens (tertiary/aromatic N) is 1. The van der Waals surface area contributed by atoms with E-state index in [0.29, 0.717) is 6.54 Å². The first-order valence-corrected chi connectivity index (χ1v) is 6.90. The van der Waals surface area contributed by atoms with Crippen LogP contribution in [0.2, 0.25) is 0 Å². The molecular weight excluding hydrogens is 234 g/mol. The number of thiophene rings is 1. The van der Waals surface area contributed by atoms with Gasteiger partial charge in [-0.25, -0.2) is 0 Å². The Balaban J connectivity index is 1.82. The molecule has 1 fully saturated rings. The van der Waals surface area contributed by atoms with E-state index >= 15 is 0 Å². The van der Waals surface area contributed by atoms with Crippen molar-refractivity contribution in [2.75, 3.05) is 18.8 Å². The topological polar surface area (TPSA) is 58.4 Å². The van der Waals surface area contributed by atoms with Crippen LogP contribution in [-0.4, -0.2) is 29.9 Å². The zero-order valence-corrected chi connectivity index (χ0v) is 10.9. The number of rotatable bonds is 4. The maximum Gasteiger partial charge on any atom is 0.239 e. The molecule has 0 spiro atoms. The fourth-order valence-electron chi connectivity index (χ4n) is 2.04. The van der Waals surface area contributed by atoms with Crippen LogP contribution in [0.15, 0.2) is 11.4 Å². The maximum absolute atomic E-state index is 12.0. The zero-order valence-electron chi connectivity index (χ0n) is 10.1. The van der Waals surface area contributed by atoms with E-state index in [0.717, 1.165) is 36.5 Å². The Morgan fingerprint density at radius 2 is 2.29 bits per heavy atom. The summed E-state index contributed by atoms with van der Waals surface area (Å²) < 4.78 is 0. The molecule has 1 aliphatic rings. The van der Waals surface area contributed by atoms with Crippen LogP contribution >= 0.6 is 11.3 Å². The van der Waals surface area contributed by atoms with Crippen molar-refractivity contribution in [1.29, 1.82) is 0 Å². The van der Waals surface area contributed by atoms with E-state index in [2.05, 4.69) is 5.32 Å². The molecule has 0 bridgehead atoms. The molecule has 17 heavy (non-hydrogen) atoms. The highest BCUT2D eigenvalue weighted by molar-refractivity contribution is 7.10. The Labute approximate surface area is 106 Å². The van der Waals surface area contributed by atoms with E-state index in [1.165, 1.54) is 0 Å². The number of hydrogen-bond donors (Lipinski definition) is 2. The highest BCUT2D eigenvalue weighted by atomic mass is 32.1. The standard InChI is InChI=1S/C12H19N3OS/c1-9(12(16)15-5-2-3-6-15)14-8-11-10(13)4-7-17-11/h4,7,9,14H,2-3,5-6,8,13H2,1H3. The molecule has 1 unspecified atom stereocenters. The van der Waals surface area contributed by atoms with Crippen LogP contribution in [0.25, 0.3) is 0 Å². The number of carbonyl (C=O) groups excluding carboxylic acids is 1. The summed E-state index contributed by atoms with van der Waals surface area (Å²) in [5, 5.41) is 5.21. The average Bonchev–Trinajstić information content (AvgIpc) is 2.96. The number of hydrogen-bond acceptors (Lipinski definition) is 4. The van der Waals surface area contributed by atoms with Crippen LogP contribution in [-0.2, 0) is 11.3 Å². The summed E-state index contributed by atoms with van der Waals surface area (Å²) in [7, 11) is 0. The second-order valence-corrected chi connectivity index (χ2v) is 5.43. The lowest BCUT2D eigenvalue weighted by Crippen LogP contribution is -2.43.